The van der Waals surface area contributed by atoms with Crippen LogP contribution >= 0.6 is 0 Å². The summed E-state index contributed by atoms with van der Waals surface area (Å²) in [6.45, 7) is 1.11. The Labute approximate surface area is 205 Å². The molecule has 11 heteroatoms. The number of non-ortho nitro benzene ring substituents is 1. The summed E-state index contributed by atoms with van der Waals surface area (Å²) >= 11 is 0. The number of nitro groups is 1. The van der Waals surface area contributed by atoms with Crippen LogP contribution in [0.25, 0.3) is 10.8 Å². The quantitative estimate of drug-likeness (QED) is 0.305. The fourth-order valence-corrected chi connectivity index (χ4v) is 3.89. The number of benzene rings is 3. The molecule has 1 aliphatic rings. The van der Waals surface area contributed by atoms with Crippen molar-refractivity contribution in [3.8, 4) is 5.75 Å². The lowest BCUT2D eigenvalue weighted by molar-refractivity contribution is -0.384. The Kier molecular flexibility index (Phi) is 6.91. The Morgan fingerprint density at radius 2 is 1.83 bits per heavy atom. The topological polar surface area (TPSA) is 139 Å². The van der Waals surface area contributed by atoms with Crippen LogP contribution in [-0.2, 0) is 19.2 Å². The van der Waals surface area contributed by atoms with Crippen LogP contribution in [0.2, 0.25) is 0 Å². The van der Waals surface area contributed by atoms with E-state index in [-0.39, 0.29) is 24.2 Å². The SMILES string of the molecule is CCC(=O)N(NC(=O)COc1ccc2ccccc2c1)C1CC(=O)N(c2cccc([N+](=O)[O-])c2)C1=O. The molecule has 0 aliphatic carbocycles. The predicted molar refractivity (Wildman–Crippen MR) is 129 cm³/mol. The van der Waals surface area contributed by atoms with E-state index in [1.54, 1.807) is 19.1 Å². The minimum Gasteiger partial charge on any atom is -0.484 e. The van der Waals surface area contributed by atoms with Gasteiger partial charge >= 0.3 is 0 Å². The number of carbonyl (C=O) groups excluding carboxylic acids is 4. The van der Waals surface area contributed by atoms with Crippen LogP contribution in [0.4, 0.5) is 11.4 Å². The molecule has 0 bridgehead atoms. The van der Waals surface area contributed by atoms with E-state index in [1.165, 1.54) is 18.2 Å². The van der Waals surface area contributed by atoms with Crippen molar-refractivity contribution in [3.05, 3.63) is 76.8 Å². The van der Waals surface area contributed by atoms with Crippen LogP contribution in [0.15, 0.2) is 66.7 Å². The molecule has 0 radical (unpaired) electrons. The fraction of sp³-hybridized carbons (Fsp3) is 0.200. The molecular formula is C25H22N4O7. The standard InChI is InChI=1S/C25H22N4O7/c1-2-23(31)28(26-22(30)15-36-20-11-10-16-6-3-4-7-17(16)12-20)21-14-24(32)27(25(21)33)18-8-5-9-19(13-18)29(34)35/h3-13,21H,2,14-15H2,1H3,(H,26,30). The van der Waals surface area contributed by atoms with E-state index >= 15 is 0 Å². The zero-order valence-corrected chi connectivity index (χ0v) is 19.2. The van der Waals surface area contributed by atoms with Gasteiger partial charge in [0.2, 0.25) is 11.8 Å². The van der Waals surface area contributed by atoms with Gasteiger partial charge in [0.25, 0.3) is 17.5 Å². The molecule has 1 N–H and O–H groups in total. The Bertz CT molecular complexity index is 1370. The van der Waals surface area contributed by atoms with Gasteiger partial charge in [-0.2, -0.15) is 0 Å². The molecule has 1 heterocycles. The highest BCUT2D eigenvalue weighted by molar-refractivity contribution is 6.23. The summed E-state index contributed by atoms with van der Waals surface area (Å²) in [6, 6.07) is 16.7. The zero-order chi connectivity index (χ0) is 25.8. The van der Waals surface area contributed by atoms with Gasteiger partial charge in [-0.3, -0.25) is 34.7 Å². The first-order valence-corrected chi connectivity index (χ1v) is 11.1. The fourth-order valence-electron chi connectivity index (χ4n) is 3.89. The molecule has 1 atom stereocenters. The number of carbonyl (C=O) groups is 4. The number of ether oxygens (including phenoxy) is 1. The maximum atomic E-state index is 13.1. The largest absolute Gasteiger partial charge is 0.484 e. The molecular weight excluding hydrogens is 468 g/mol. The summed E-state index contributed by atoms with van der Waals surface area (Å²) in [6.07, 6.45) is -0.431. The molecule has 1 fully saturated rings. The van der Waals surface area contributed by atoms with Gasteiger partial charge in [-0.1, -0.05) is 43.3 Å². The Morgan fingerprint density at radius 3 is 2.56 bits per heavy atom. The molecule has 0 spiro atoms. The number of anilines is 1. The van der Waals surface area contributed by atoms with Gasteiger partial charge in [-0.25, -0.2) is 9.91 Å². The van der Waals surface area contributed by atoms with E-state index in [0.717, 1.165) is 26.7 Å². The van der Waals surface area contributed by atoms with E-state index in [1.807, 2.05) is 30.3 Å². The first kappa shape index (κ1) is 24.3. The third-order valence-corrected chi connectivity index (χ3v) is 5.64. The van der Waals surface area contributed by atoms with Crippen LogP contribution in [0.3, 0.4) is 0 Å². The summed E-state index contributed by atoms with van der Waals surface area (Å²) in [7, 11) is 0. The van der Waals surface area contributed by atoms with Gasteiger partial charge in [-0.15, -0.1) is 0 Å². The van der Waals surface area contributed by atoms with E-state index in [9.17, 15) is 29.3 Å². The van der Waals surface area contributed by atoms with Crippen LogP contribution in [-0.4, -0.2) is 46.2 Å². The van der Waals surface area contributed by atoms with Crippen molar-refractivity contribution in [2.45, 2.75) is 25.8 Å². The first-order valence-electron chi connectivity index (χ1n) is 11.1. The lowest BCUT2D eigenvalue weighted by atomic mass is 10.1. The molecule has 3 aromatic rings. The summed E-state index contributed by atoms with van der Waals surface area (Å²) in [4.78, 5) is 62.2. The number of hydrogen-bond acceptors (Lipinski definition) is 7. The molecule has 1 saturated heterocycles. The average Bonchev–Trinajstić information content (AvgIpc) is 3.18. The second-order valence-corrected chi connectivity index (χ2v) is 8.01. The number of hydrogen-bond donors (Lipinski definition) is 1. The van der Waals surface area contributed by atoms with Gasteiger partial charge < -0.3 is 4.74 Å². The van der Waals surface area contributed by atoms with Crippen molar-refractivity contribution < 1.29 is 28.8 Å². The predicted octanol–water partition coefficient (Wildman–Crippen LogP) is 2.73. The molecule has 1 aliphatic heterocycles. The maximum absolute atomic E-state index is 13.1. The van der Waals surface area contributed by atoms with E-state index in [2.05, 4.69) is 5.43 Å². The highest BCUT2D eigenvalue weighted by Gasteiger charge is 2.45. The molecule has 3 aromatic carbocycles. The Balaban J connectivity index is 1.47. The molecule has 1 unspecified atom stereocenters. The van der Waals surface area contributed by atoms with Gasteiger partial charge in [-0.05, 0) is 29.0 Å². The molecule has 11 nitrogen and oxygen atoms in total. The number of amides is 4. The molecule has 4 amide bonds. The van der Waals surface area contributed by atoms with Crippen molar-refractivity contribution in [1.82, 2.24) is 10.4 Å². The van der Waals surface area contributed by atoms with Crippen molar-refractivity contribution in [2.75, 3.05) is 11.5 Å². The molecule has 0 aromatic heterocycles. The van der Waals surface area contributed by atoms with Gasteiger partial charge in [0.05, 0.1) is 17.0 Å². The lowest BCUT2D eigenvalue weighted by Gasteiger charge is -2.27. The first-order chi connectivity index (χ1) is 17.3. The van der Waals surface area contributed by atoms with Crippen molar-refractivity contribution in [2.24, 2.45) is 0 Å². The average molecular weight is 490 g/mol. The van der Waals surface area contributed by atoms with Crippen LogP contribution in [0.5, 0.6) is 5.75 Å². The van der Waals surface area contributed by atoms with Gasteiger partial charge in [0, 0.05) is 18.6 Å². The van der Waals surface area contributed by atoms with Gasteiger partial charge in [0.15, 0.2) is 6.61 Å². The van der Waals surface area contributed by atoms with Crippen molar-refractivity contribution in [1.29, 1.82) is 0 Å². The summed E-state index contributed by atoms with van der Waals surface area (Å²) in [5.74, 6) is -2.26. The molecule has 0 saturated carbocycles. The highest BCUT2D eigenvalue weighted by Crippen LogP contribution is 2.28. The van der Waals surface area contributed by atoms with E-state index < -0.39 is 41.2 Å². The number of fused-ring (bicyclic) bond motifs is 1. The van der Waals surface area contributed by atoms with E-state index in [0.29, 0.717) is 5.75 Å². The summed E-state index contributed by atoms with van der Waals surface area (Å²) in [5.41, 5.74) is 2.10. The van der Waals surface area contributed by atoms with Crippen LogP contribution in [0.1, 0.15) is 19.8 Å². The summed E-state index contributed by atoms with van der Waals surface area (Å²) in [5, 5.41) is 13.9. The minimum atomic E-state index is -1.30. The highest BCUT2D eigenvalue weighted by atomic mass is 16.6. The normalized spacial score (nSPS) is 15.1. The van der Waals surface area contributed by atoms with Crippen molar-refractivity contribution in [3.63, 3.8) is 0 Å². The lowest BCUT2D eigenvalue weighted by Crippen LogP contribution is -2.55. The summed E-state index contributed by atoms with van der Waals surface area (Å²) < 4.78 is 5.55. The Morgan fingerprint density at radius 1 is 1.08 bits per heavy atom. The molecule has 4 rings (SSSR count). The number of nitrogens with zero attached hydrogens (tertiary/aromatic N) is 3. The number of hydrazine groups is 1. The monoisotopic (exact) mass is 490 g/mol. The second-order valence-electron chi connectivity index (χ2n) is 8.01. The smallest absolute Gasteiger partial charge is 0.276 e. The van der Waals surface area contributed by atoms with Crippen LogP contribution < -0.4 is 15.1 Å². The number of imide groups is 1. The molecule has 184 valence electrons. The third-order valence-electron chi connectivity index (χ3n) is 5.64. The Hall–Kier alpha value is -4.80. The number of nitrogens with one attached hydrogen (secondary N) is 1. The second kappa shape index (κ2) is 10.2. The molecule has 36 heavy (non-hydrogen) atoms. The van der Waals surface area contributed by atoms with E-state index in [4.69, 9.17) is 4.74 Å². The zero-order valence-electron chi connectivity index (χ0n) is 19.2. The maximum Gasteiger partial charge on any atom is 0.276 e. The third kappa shape index (κ3) is 4.99. The van der Waals surface area contributed by atoms with Crippen molar-refractivity contribution >= 4 is 45.8 Å². The van der Waals surface area contributed by atoms with Gasteiger partial charge in [0.1, 0.15) is 11.8 Å². The number of rotatable bonds is 7. The van der Waals surface area contributed by atoms with Crippen LogP contribution in [0, 0.1) is 10.1 Å². The minimum absolute atomic E-state index is 0.0107. The number of nitro benzene ring substituents is 1.